The summed E-state index contributed by atoms with van der Waals surface area (Å²) in [5, 5.41) is 3.23. The van der Waals surface area contributed by atoms with Crippen molar-refractivity contribution in [3.63, 3.8) is 0 Å². The predicted molar refractivity (Wildman–Crippen MR) is 114 cm³/mol. The number of aryl methyl sites for hydroxylation is 1. The number of carbonyl (C=O) groups is 1. The van der Waals surface area contributed by atoms with Crippen LogP contribution in [0.1, 0.15) is 43.4 Å². The van der Waals surface area contributed by atoms with E-state index in [-0.39, 0.29) is 24.9 Å². The van der Waals surface area contributed by atoms with Crippen molar-refractivity contribution >= 4 is 16.8 Å². The molecular weight excluding hydrogens is 368 g/mol. The molecule has 3 rings (SSSR count). The number of nitrogens with one attached hydrogen (secondary N) is 2. The first-order valence-electron chi connectivity index (χ1n) is 9.71. The summed E-state index contributed by atoms with van der Waals surface area (Å²) in [6.07, 6.45) is 0.106. The number of rotatable bonds is 7. The van der Waals surface area contributed by atoms with E-state index < -0.39 is 11.2 Å². The Bertz CT molecular complexity index is 1110. The smallest absolute Gasteiger partial charge is 0.328 e. The van der Waals surface area contributed by atoms with Crippen molar-refractivity contribution in [2.75, 3.05) is 6.54 Å². The summed E-state index contributed by atoms with van der Waals surface area (Å²) in [5.74, 6) is 0.244. The van der Waals surface area contributed by atoms with Crippen LogP contribution in [0.5, 0.6) is 0 Å². The minimum atomic E-state index is -0.525. The van der Waals surface area contributed by atoms with Crippen LogP contribution in [-0.4, -0.2) is 22.0 Å². The lowest BCUT2D eigenvalue weighted by Gasteiger charge is -2.15. The standard InChI is InChI=1S/C22H26N4O3/c1-14(2)15-7-9-16(10-8-15)18(23)13-24-20(27)11-12-26-19-6-4-3-5-17(19)21(28)25-22(26)29/h3-10,14,18H,11-13,23H2,1-2H3,(H,24,27)(H,25,28,29). The summed E-state index contributed by atoms with van der Waals surface area (Å²) in [4.78, 5) is 38.6. The minimum Gasteiger partial charge on any atom is -0.354 e. The van der Waals surface area contributed by atoms with Gasteiger partial charge in [0, 0.05) is 25.6 Å². The van der Waals surface area contributed by atoms with Gasteiger partial charge in [0.15, 0.2) is 0 Å². The molecule has 3 aromatic rings. The summed E-state index contributed by atoms with van der Waals surface area (Å²) in [6.45, 7) is 4.74. The molecule has 0 bridgehead atoms. The zero-order chi connectivity index (χ0) is 21.0. The third-order valence-corrected chi connectivity index (χ3v) is 5.02. The number of hydrogen-bond donors (Lipinski definition) is 3. The number of carbonyl (C=O) groups excluding carboxylic acids is 1. The van der Waals surface area contributed by atoms with Crippen molar-refractivity contribution in [3.05, 3.63) is 80.5 Å². The number of aromatic amines is 1. The molecule has 0 saturated carbocycles. The van der Waals surface area contributed by atoms with Gasteiger partial charge in [-0.05, 0) is 29.2 Å². The first kappa shape index (κ1) is 20.5. The molecule has 29 heavy (non-hydrogen) atoms. The van der Waals surface area contributed by atoms with Crippen LogP contribution in [0, 0.1) is 0 Å². The summed E-state index contributed by atoms with van der Waals surface area (Å²) in [7, 11) is 0. The highest BCUT2D eigenvalue weighted by molar-refractivity contribution is 5.78. The number of H-pyrrole nitrogens is 1. The Morgan fingerprint density at radius 1 is 1.07 bits per heavy atom. The number of benzene rings is 2. The Morgan fingerprint density at radius 2 is 1.72 bits per heavy atom. The minimum absolute atomic E-state index is 0.106. The van der Waals surface area contributed by atoms with Gasteiger partial charge in [0.25, 0.3) is 5.56 Å². The van der Waals surface area contributed by atoms with Crippen molar-refractivity contribution < 1.29 is 4.79 Å². The molecule has 1 heterocycles. The lowest BCUT2D eigenvalue weighted by Crippen LogP contribution is -2.34. The maximum Gasteiger partial charge on any atom is 0.328 e. The lowest BCUT2D eigenvalue weighted by molar-refractivity contribution is -0.121. The van der Waals surface area contributed by atoms with Gasteiger partial charge in [-0.3, -0.25) is 19.1 Å². The van der Waals surface area contributed by atoms with Crippen molar-refractivity contribution in [1.82, 2.24) is 14.9 Å². The van der Waals surface area contributed by atoms with Crippen molar-refractivity contribution in [3.8, 4) is 0 Å². The van der Waals surface area contributed by atoms with E-state index in [4.69, 9.17) is 5.73 Å². The first-order valence-corrected chi connectivity index (χ1v) is 9.71. The highest BCUT2D eigenvalue weighted by Gasteiger charge is 2.11. The topological polar surface area (TPSA) is 110 Å². The van der Waals surface area contributed by atoms with Gasteiger partial charge in [0.1, 0.15) is 0 Å². The highest BCUT2D eigenvalue weighted by Crippen LogP contribution is 2.17. The number of para-hydroxylation sites is 1. The normalized spacial score (nSPS) is 12.3. The summed E-state index contributed by atoms with van der Waals surface area (Å²) >= 11 is 0. The van der Waals surface area contributed by atoms with E-state index in [1.165, 1.54) is 10.1 Å². The van der Waals surface area contributed by atoms with E-state index in [0.717, 1.165) is 5.56 Å². The number of hydrogen-bond acceptors (Lipinski definition) is 4. The van der Waals surface area contributed by atoms with Crippen LogP contribution in [0.25, 0.3) is 10.9 Å². The second-order valence-electron chi connectivity index (χ2n) is 7.41. The van der Waals surface area contributed by atoms with E-state index in [1.807, 2.05) is 12.1 Å². The molecule has 0 aliphatic carbocycles. The fourth-order valence-corrected chi connectivity index (χ4v) is 3.24. The molecule has 1 aromatic heterocycles. The van der Waals surface area contributed by atoms with Crippen LogP contribution >= 0.6 is 0 Å². The van der Waals surface area contributed by atoms with Gasteiger partial charge < -0.3 is 11.1 Å². The number of amides is 1. The molecule has 152 valence electrons. The van der Waals surface area contributed by atoms with Crippen LogP contribution in [0.2, 0.25) is 0 Å². The van der Waals surface area contributed by atoms with Crippen LogP contribution in [0.4, 0.5) is 0 Å². The molecule has 1 amide bonds. The summed E-state index contributed by atoms with van der Waals surface area (Å²) in [6, 6.07) is 14.6. The third-order valence-electron chi connectivity index (χ3n) is 5.02. The molecule has 0 aliphatic rings. The fourth-order valence-electron chi connectivity index (χ4n) is 3.24. The molecule has 7 nitrogen and oxygen atoms in total. The van der Waals surface area contributed by atoms with Crippen molar-refractivity contribution in [2.45, 2.75) is 38.8 Å². The monoisotopic (exact) mass is 394 g/mol. The second kappa shape index (κ2) is 8.87. The summed E-state index contributed by atoms with van der Waals surface area (Å²) < 4.78 is 1.40. The van der Waals surface area contributed by atoms with Crippen LogP contribution in [0.15, 0.2) is 58.1 Å². The Kier molecular flexibility index (Phi) is 6.29. The third kappa shape index (κ3) is 4.81. The van der Waals surface area contributed by atoms with Gasteiger partial charge in [-0.15, -0.1) is 0 Å². The Morgan fingerprint density at radius 3 is 2.41 bits per heavy atom. The van der Waals surface area contributed by atoms with Crippen LogP contribution < -0.4 is 22.3 Å². The Balaban J connectivity index is 1.60. The molecule has 2 aromatic carbocycles. The van der Waals surface area contributed by atoms with Crippen LogP contribution in [-0.2, 0) is 11.3 Å². The largest absolute Gasteiger partial charge is 0.354 e. The zero-order valence-electron chi connectivity index (χ0n) is 16.6. The molecule has 1 atom stereocenters. The Hall–Kier alpha value is -3.19. The SMILES string of the molecule is CC(C)c1ccc(C(N)CNC(=O)CCn2c(=O)[nH]c(=O)c3ccccc32)cc1. The molecule has 0 radical (unpaired) electrons. The zero-order valence-corrected chi connectivity index (χ0v) is 16.6. The van der Waals surface area contributed by atoms with Gasteiger partial charge >= 0.3 is 5.69 Å². The van der Waals surface area contributed by atoms with Crippen molar-refractivity contribution in [1.29, 1.82) is 0 Å². The molecule has 0 fully saturated rings. The van der Waals surface area contributed by atoms with Crippen LogP contribution in [0.3, 0.4) is 0 Å². The number of aromatic nitrogens is 2. The van der Waals surface area contributed by atoms with E-state index in [2.05, 4.69) is 36.3 Å². The van der Waals surface area contributed by atoms with Crippen molar-refractivity contribution in [2.24, 2.45) is 5.73 Å². The molecule has 7 heteroatoms. The highest BCUT2D eigenvalue weighted by atomic mass is 16.2. The van der Waals surface area contributed by atoms with Gasteiger partial charge in [0.05, 0.1) is 10.9 Å². The molecule has 0 saturated heterocycles. The molecular formula is C22H26N4O3. The molecule has 4 N–H and O–H groups in total. The predicted octanol–water partition coefficient (Wildman–Crippen LogP) is 2.02. The average molecular weight is 394 g/mol. The van der Waals surface area contributed by atoms with E-state index >= 15 is 0 Å². The van der Waals surface area contributed by atoms with E-state index in [9.17, 15) is 14.4 Å². The maximum atomic E-state index is 12.3. The molecule has 0 spiro atoms. The maximum absolute atomic E-state index is 12.3. The van der Waals surface area contributed by atoms with E-state index in [0.29, 0.717) is 23.4 Å². The quantitative estimate of drug-likeness (QED) is 0.569. The van der Waals surface area contributed by atoms with Gasteiger partial charge in [0.2, 0.25) is 5.91 Å². The lowest BCUT2D eigenvalue weighted by atomic mass is 9.99. The first-order chi connectivity index (χ1) is 13.9. The average Bonchev–Trinajstić information content (AvgIpc) is 2.72. The Labute approximate surface area is 168 Å². The molecule has 1 unspecified atom stereocenters. The van der Waals surface area contributed by atoms with E-state index in [1.54, 1.807) is 24.3 Å². The van der Waals surface area contributed by atoms with Gasteiger partial charge in [-0.2, -0.15) is 0 Å². The number of nitrogens with zero attached hydrogens (tertiary/aromatic N) is 1. The molecule has 0 aliphatic heterocycles. The number of fused-ring (bicyclic) bond motifs is 1. The summed E-state index contributed by atoms with van der Waals surface area (Å²) in [5.41, 5.74) is 7.93. The second-order valence-corrected chi connectivity index (χ2v) is 7.41. The van der Waals surface area contributed by atoms with Gasteiger partial charge in [-0.1, -0.05) is 50.2 Å². The fraction of sp³-hybridized carbons (Fsp3) is 0.318. The van der Waals surface area contributed by atoms with Gasteiger partial charge in [-0.25, -0.2) is 4.79 Å². The number of nitrogens with two attached hydrogens (primary N) is 1.